The van der Waals surface area contributed by atoms with Gasteiger partial charge in [0, 0.05) is 24.2 Å². The molecule has 2 aromatic heterocycles. The quantitative estimate of drug-likeness (QED) is 0.719. The van der Waals surface area contributed by atoms with Crippen molar-refractivity contribution < 1.29 is 18.3 Å². The van der Waals surface area contributed by atoms with Crippen LogP contribution in [0, 0.1) is 0 Å². The molecule has 0 bridgehead atoms. The lowest BCUT2D eigenvalue weighted by Crippen LogP contribution is -2.12. The van der Waals surface area contributed by atoms with Crippen molar-refractivity contribution in [2.45, 2.75) is 24.2 Å². The summed E-state index contributed by atoms with van der Waals surface area (Å²) in [4.78, 5) is 17.3. The highest BCUT2D eigenvalue weighted by Gasteiger charge is 2.16. The summed E-state index contributed by atoms with van der Waals surface area (Å²) in [6, 6.07) is 1.45. The number of nitrogens with one attached hydrogen (secondary N) is 2. The fourth-order valence-electron chi connectivity index (χ4n) is 1.54. The number of H-pyrrole nitrogens is 1. The van der Waals surface area contributed by atoms with Crippen LogP contribution in [0.5, 0.6) is 0 Å². The maximum absolute atomic E-state index is 11.9. The molecule has 0 amide bonds. The molecule has 0 saturated carbocycles. The van der Waals surface area contributed by atoms with Crippen molar-refractivity contribution in [3.63, 3.8) is 0 Å². The van der Waals surface area contributed by atoms with Gasteiger partial charge in [0.2, 0.25) is 0 Å². The van der Waals surface area contributed by atoms with Crippen LogP contribution in [-0.4, -0.2) is 29.5 Å². The molecule has 2 heterocycles. The molecule has 2 aromatic rings. The van der Waals surface area contributed by atoms with Crippen molar-refractivity contribution in [3.8, 4) is 0 Å². The summed E-state index contributed by atoms with van der Waals surface area (Å²) in [5.41, 5.74) is 0.683. The summed E-state index contributed by atoms with van der Waals surface area (Å²) < 4.78 is 26.2. The molecule has 7 nitrogen and oxygen atoms in total. The van der Waals surface area contributed by atoms with Crippen molar-refractivity contribution in [1.82, 2.24) is 9.97 Å². The Bertz CT molecular complexity index is 676. The first-order valence-corrected chi connectivity index (χ1v) is 8.15. The van der Waals surface area contributed by atoms with Gasteiger partial charge in [-0.15, -0.1) is 11.3 Å². The molecule has 0 radical (unpaired) electrons. The molecule has 0 atom stereocenters. The number of hydrogen-bond acceptors (Lipinski definition) is 5. The average Bonchev–Trinajstić information content (AvgIpc) is 2.99. The minimum Gasteiger partial charge on any atom is -0.481 e. The number of aliphatic carboxylic acids is 1. The number of nitrogens with zero attached hydrogens (tertiary/aromatic N) is 1. The third-order valence-electron chi connectivity index (χ3n) is 2.48. The number of aromatic nitrogens is 2. The fourth-order valence-corrected chi connectivity index (χ4v) is 3.51. The summed E-state index contributed by atoms with van der Waals surface area (Å²) in [5.74, 6) is -0.853. The Morgan fingerprint density at radius 2 is 2.30 bits per heavy atom. The van der Waals surface area contributed by atoms with Crippen LogP contribution < -0.4 is 4.72 Å². The van der Waals surface area contributed by atoms with E-state index in [1.165, 1.54) is 29.8 Å². The van der Waals surface area contributed by atoms with E-state index in [0.29, 0.717) is 18.5 Å². The van der Waals surface area contributed by atoms with Crippen molar-refractivity contribution in [3.05, 3.63) is 29.5 Å². The highest BCUT2D eigenvalue weighted by atomic mass is 32.2. The van der Waals surface area contributed by atoms with Crippen LogP contribution in [0.2, 0.25) is 0 Å². The Labute approximate surface area is 119 Å². The summed E-state index contributed by atoms with van der Waals surface area (Å²) in [7, 11) is -3.62. The third-order valence-corrected chi connectivity index (χ3v) is 4.75. The normalized spacial score (nSPS) is 11.4. The lowest BCUT2D eigenvalue weighted by atomic mass is 10.2. The number of carboxylic acid groups (broad SMARTS) is 1. The number of sulfonamides is 1. The van der Waals surface area contributed by atoms with E-state index in [0.717, 1.165) is 0 Å². The van der Waals surface area contributed by atoms with Crippen LogP contribution >= 0.6 is 11.3 Å². The van der Waals surface area contributed by atoms with Crippen LogP contribution in [-0.2, 0) is 21.2 Å². The van der Waals surface area contributed by atoms with Gasteiger partial charge in [0.25, 0.3) is 10.0 Å². The van der Waals surface area contributed by atoms with Gasteiger partial charge in [-0.1, -0.05) is 0 Å². The number of anilines is 1. The van der Waals surface area contributed by atoms with E-state index >= 15 is 0 Å². The Kier molecular flexibility index (Phi) is 4.40. The standard InChI is InChI=1S/C11H13N3O4S2/c15-10(16)3-1-2-8-7-19-11(13-8)14-20(17,18)9-4-5-12-6-9/h4-7,12H,1-3H2,(H,13,14)(H,15,16). The minimum absolute atomic E-state index is 0.0714. The molecule has 108 valence electrons. The molecule has 9 heteroatoms. The number of thiazole rings is 1. The van der Waals surface area contributed by atoms with Crippen LogP contribution in [0.25, 0.3) is 0 Å². The number of aromatic amines is 1. The van der Waals surface area contributed by atoms with Crippen molar-refractivity contribution >= 4 is 32.5 Å². The van der Waals surface area contributed by atoms with Crippen molar-refractivity contribution in [1.29, 1.82) is 0 Å². The zero-order valence-corrected chi connectivity index (χ0v) is 12.0. The molecule has 0 aliphatic carbocycles. The summed E-state index contributed by atoms with van der Waals surface area (Å²) in [6.07, 6.45) is 3.96. The zero-order valence-electron chi connectivity index (χ0n) is 10.4. The second-order valence-corrected chi connectivity index (χ2v) is 6.58. The summed E-state index contributed by atoms with van der Waals surface area (Å²) in [5, 5.41) is 10.5. The molecule has 20 heavy (non-hydrogen) atoms. The van der Waals surface area contributed by atoms with Gasteiger partial charge in [-0.3, -0.25) is 9.52 Å². The van der Waals surface area contributed by atoms with E-state index in [1.54, 1.807) is 5.38 Å². The van der Waals surface area contributed by atoms with Crippen LogP contribution in [0.15, 0.2) is 28.7 Å². The highest BCUT2D eigenvalue weighted by molar-refractivity contribution is 7.93. The molecule has 0 aromatic carbocycles. The van der Waals surface area contributed by atoms with E-state index in [1.807, 2.05) is 0 Å². The van der Waals surface area contributed by atoms with Gasteiger partial charge in [-0.25, -0.2) is 13.4 Å². The molecule has 0 spiro atoms. The average molecular weight is 315 g/mol. The fraction of sp³-hybridized carbons (Fsp3) is 0.273. The van der Waals surface area contributed by atoms with Gasteiger partial charge in [-0.05, 0) is 18.9 Å². The maximum atomic E-state index is 11.9. The molecule has 0 unspecified atom stereocenters. The first-order valence-electron chi connectivity index (χ1n) is 5.79. The Hall–Kier alpha value is -1.87. The Morgan fingerprint density at radius 3 is 2.95 bits per heavy atom. The van der Waals surface area contributed by atoms with E-state index < -0.39 is 16.0 Å². The minimum atomic E-state index is -3.62. The number of rotatable bonds is 7. The summed E-state index contributed by atoms with van der Waals surface area (Å²) >= 11 is 1.17. The van der Waals surface area contributed by atoms with Crippen LogP contribution in [0.1, 0.15) is 18.5 Å². The SMILES string of the molecule is O=C(O)CCCc1csc(NS(=O)(=O)c2cc[nH]c2)n1. The summed E-state index contributed by atoms with van der Waals surface area (Å²) in [6.45, 7) is 0. The van der Waals surface area contributed by atoms with E-state index in [-0.39, 0.29) is 16.4 Å². The monoisotopic (exact) mass is 315 g/mol. The van der Waals surface area contributed by atoms with Crippen molar-refractivity contribution in [2.75, 3.05) is 4.72 Å². The van der Waals surface area contributed by atoms with Gasteiger partial charge in [-0.2, -0.15) is 0 Å². The second kappa shape index (κ2) is 6.06. The van der Waals surface area contributed by atoms with Gasteiger partial charge in [0.1, 0.15) is 4.90 Å². The van der Waals surface area contributed by atoms with Gasteiger partial charge >= 0.3 is 5.97 Å². The van der Waals surface area contributed by atoms with Gasteiger partial charge in [0.15, 0.2) is 5.13 Å². The number of hydrogen-bond donors (Lipinski definition) is 3. The van der Waals surface area contributed by atoms with Crippen LogP contribution in [0.3, 0.4) is 0 Å². The zero-order chi connectivity index (χ0) is 14.6. The largest absolute Gasteiger partial charge is 0.481 e. The molecule has 0 aliphatic rings. The Balaban J connectivity index is 1.98. The van der Waals surface area contributed by atoms with Gasteiger partial charge < -0.3 is 10.1 Å². The van der Waals surface area contributed by atoms with Crippen molar-refractivity contribution in [2.24, 2.45) is 0 Å². The highest BCUT2D eigenvalue weighted by Crippen LogP contribution is 2.20. The molecule has 0 aliphatic heterocycles. The predicted octanol–water partition coefficient (Wildman–Crippen LogP) is 1.68. The number of carboxylic acids is 1. The molecule has 3 N–H and O–H groups in total. The number of carbonyl (C=O) groups is 1. The molecule has 0 fully saturated rings. The van der Waals surface area contributed by atoms with E-state index in [4.69, 9.17) is 5.11 Å². The lowest BCUT2D eigenvalue weighted by molar-refractivity contribution is -0.137. The predicted molar refractivity (Wildman–Crippen MR) is 74.3 cm³/mol. The first kappa shape index (κ1) is 14.5. The molecule has 2 rings (SSSR count). The smallest absolute Gasteiger partial charge is 0.303 e. The third kappa shape index (κ3) is 3.81. The molecule has 0 saturated heterocycles. The second-order valence-electron chi connectivity index (χ2n) is 4.04. The van der Waals surface area contributed by atoms with Gasteiger partial charge in [0.05, 0.1) is 5.69 Å². The number of aryl methyl sites for hydroxylation is 1. The first-order chi connectivity index (χ1) is 9.47. The lowest BCUT2D eigenvalue weighted by Gasteiger charge is -2.01. The van der Waals surface area contributed by atoms with Crippen LogP contribution in [0.4, 0.5) is 5.13 Å². The molecular weight excluding hydrogens is 302 g/mol. The maximum Gasteiger partial charge on any atom is 0.303 e. The van der Waals surface area contributed by atoms with E-state index in [9.17, 15) is 13.2 Å². The van der Waals surface area contributed by atoms with E-state index in [2.05, 4.69) is 14.7 Å². The topological polar surface area (TPSA) is 112 Å². The molecular formula is C11H13N3O4S2. The Morgan fingerprint density at radius 1 is 1.50 bits per heavy atom.